The molecule has 0 unspecified atom stereocenters. The van der Waals surface area contributed by atoms with E-state index in [0.717, 1.165) is 5.69 Å². The van der Waals surface area contributed by atoms with Gasteiger partial charge in [-0.2, -0.15) is 0 Å². The lowest BCUT2D eigenvalue weighted by Gasteiger charge is -1.96. The monoisotopic (exact) mass is 204 g/mol. The number of carbonyl (C=O) groups is 1. The van der Waals surface area contributed by atoms with Crippen molar-refractivity contribution in [2.45, 2.75) is 6.92 Å². The highest BCUT2D eigenvalue weighted by molar-refractivity contribution is 5.85. The van der Waals surface area contributed by atoms with Crippen LogP contribution in [0, 0.1) is 6.92 Å². The van der Waals surface area contributed by atoms with E-state index in [1.807, 2.05) is 0 Å². The van der Waals surface area contributed by atoms with E-state index in [9.17, 15) is 4.79 Å². The molecule has 2 aromatic heterocycles. The molecule has 2 heterocycles. The Kier molecular flexibility index (Phi) is 2.21. The average Bonchev–Trinajstić information content (AvgIpc) is 2.65. The van der Waals surface area contributed by atoms with Gasteiger partial charge in [-0.05, 0) is 19.1 Å². The van der Waals surface area contributed by atoms with Crippen molar-refractivity contribution in [3.63, 3.8) is 0 Å². The lowest BCUT2D eigenvalue weighted by molar-refractivity contribution is 0.0690. The minimum atomic E-state index is -1.06. The Hall–Kier alpha value is -2.17. The van der Waals surface area contributed by atoms with Gasteiger partial charge >= 0.3 is 5.97 Å². The number of carboxylic acid groups (broad SMARTS) is 1. The Balaban J connectivity index is 2.45. The maximum Gasteiger partial charge on any atom is 0.354 e. The van der Waals surface area contributed by atoms with Crippen LogP contribution in [0.2, 0.25) is 0 Å². The third-order valence-corrected chi connectivity index (χ3v) is 1.85. The minimum absolute atomic E-state index is 0.0125. The number of pyridine rings is 1. The van der Waals surface area contributed by atoms with Gasteiger partial charge in [-0.3, -0.25) is 0 Å². The predicted octanol–water partition coefficient (Wildman–Crippen LogP) is 1.74. The maximum atomic E-state index is 10.7. The zero-order valence-corrected chi connectivity index (χ0v) is 7.97. The molecular weight excluding hydrogens is 196 g/mol. The molecular formula is C10H8N2O3. The number of aryl methyl sites for hydroxylation is 1. The first-order valence-electron chi connectivity index (χ1n) is 4.31. The summed E-state index contributed by atoms with van der Waals surface area (Å²) in [4.78, 5) is 14.6. The Labute approximate surface area is 85.4 Å². The van der Waals surface area contributed by atoms with Gasteiger partial charge in [0.05, 0.1) is 5.69 Å². The van der Waals surface area contributed by atoms with Gasteiger partial charge in [-0.1, -0.05) is 11.2 Å². The summed E-state index contributed by atoms with van der Waals surface area (Å²) in [5.74, 6) is -0.594. The van der Waals surface area contributed by atoms with Gasteiger partial charge in [0, 0.05) is 6.07 Å². The molecule has 0 aliphatic heterocycles. The normalized spacial score (nSPS) is 10.2. The zero-order valence-electron chi connectivity index (χ0n) is 7.97. The van der Waals surface area contributed by atoms with Crippen LogP contribution in [0.25, 0.3) is 11.5 Å². The van der Waals surface area contributed by atoms with E-state index in [2.05, 4.69) is 10.1 Å². The fourth-order valence-corrected chi connectivity index (χ4v) is 1.18. The Morgan fingerprint density at radius 1 is 1.47 bits per heavy atom. The molecule has 0 radical (unpaired) electrons. The summed E-state index contributed by atoms with van der Waals surface area (Å²) in [7, 11) is 0. The summed E-state index contributed by atoms with van der Waals surface area (Å²) in [6, 6.07) is 6.42. The molecule has 0 spiro atoms. The van der Waals surface area contributed by atoms with Crippen molar-refractivity contribution in [1.82, 2.24) is 10.1 Å². The van der Waals surface area contributed by atoms with Crippen LogP contribution in [0.5, 0.6) is 0 Å². The SMILES string of the molecule is Cc1cc(-c2cccc(C(=O)O)n2)on1. The minimum Gasteiger partial charge on any atom is -0.477 e. The first kappa shape index (κ1) is 9.39. The number of aromatic carboxylic acids is 1. The van der Waals surface area contributed by atoms with E-state index in [-0.39, 0.29) is 5.69 Å². The third-order valence-electron chi connectivity index (χ3n) is 1.85. The van der Waals surface area contributed by atoms with Crippen molar-refractivity contribution in [2.24, 2.45) is 0 Å². The number of hydrogen-bond acceptors (Lipinski definition) is 4. The van der Waals surface area contributed by atoms with Crippen molar-refractivity contribution in [3.05, 3.63) is 35.7 Å². The smallest absolute Gasteiger partial charge is 0.354 e. The molecule has 0 fully saturated rings. The van der Waals surface area contributed by atoms with Gasteiger partial charge in [0.25, 0.3) is 0 Å². The van der Waals surface area contributed by atoms with Gasteiger partial charge in [0.15, 0.2) is 5.76 Å². The Morgan fingerprint density at radius 3 is 2.87 bits per heavy atom. The molecule has 0 atom stereocenters. The molecule has 1 N–H and O–H groups in total. The summed E-state index contributed by atoms with van der Waals surface area (Å²) in [6.45, 7) is 1.79. The number of aromatic nitrogens is 2. The molecule has 5 heteroatoms. The molecule has 0 bridgehead atoms. The van der Waals surface area contributed by atoms with E-state index in [0.29, 0.717) is 11.5 Å². The maximum absolute atomic E-state index is 10.7. The van der Waals surface area contributed by atoms with Crippen molar-refractivity contribution < 1.29 is 14.4 Å². The van der Waals surface area contributed by atoms with Gasteiger partial charge in [-0.25, -0.2) is 9.78 Å². The molecule has 0 saturated heterocycles. The summed E-state index contributed by atoms with van der Waals surface area (Å²) >= 11 is 0. The number of carboxylic acids is 1. The molecule has 0 amide bonds. The Morgan fingerprint density at radius 2 is 2.27 bits per heavy atom. The topological polar surface area (TPSA) is 76.2 Å². The van der Waals surface area contributed by atoms with Crippen LogP contribution in [0.15, 0.2) is 28.8 Å². The van der Waals surface area contributed by atoms with Crippen molar-refractivity contribution in [2.75, 3.05) is 0 Å². The molecule has 2 rings (SSSR count). The summed E-state index contributed by atoms with van der Waals surface area (Å²) in [5, 5.41) is 12.5. The van der Waals surface area contributed by atoms with Crippen molar-refractivity contribution >= 4 is 5.97 Å². The molecule has 0 aliphatic carbocycles. The van der Waals surface area contributed by atoms with E-state index in [1.165, 1.54) is 6.07 Å². The van der Waals surface area contributed by atoms with E-state index >= 15 is 0 Å². The predicted molar refractivity (Wildman–Crippen MR) is 51.4 cm³/mol. The van der Waals surface area contributed by atoms with Crippen LogP contribution in [-0.2, 0) is 0 Å². The standard InChI is InChI=1S/C10H8N2O3/c1-6-5-9(15-12-6)7-3-2-4-8(11-7)10(13)14/h2-5H,1H3,(H,13,14). The fraction of sp³-hybridized carbons (Fsp3) is 0.100. The van der Waals surface area contributed by atoms with E-state index in [4.69, 9.17) is 9.63 Å². The first-order chi connectivity index (χ1) is 7.16. The molecule has 0 aromatic carbocycles. The Bertz CT molecular complexity index is 505. The van der Waals surface area contributed by atoms with Gasteiger partial charge in [-0.15, -0.1) is 0 Å². The second-order valence-electron chi connectivity index (χ2n) is 3.05. The number of rotatable bonds is 2. The first-order valence-corrected chi connectivity index (χ1v) is 4.31. The molecule has 0 saturated carbocycles. The van der Waals surface area contributed by atoms with Crippen LogP contribution in [0.1, 0.15) is 16.2 Å². The van der Waals surface area contributed by atoms with Gasteiger partial charge < -0.3 is 9.63 Å². The fourth-order valence-electron chi connectivity index (χ4n) is 1.18. The lowest BCUT2D eigenvalue weighted by atomic mass is 10.2. The van der Waals surface area contributed by atoms with E-state index < -0.39 is 5.97 Å². The highest BCUT2D eigenvalue weighted by Crippen LogP contribution is 2.17. The van der Waals surface area contributed by atoms with Crippen molar-refractivity contribution in [3.8, 4) is 11.5 Å². The van der Waals surface area contributed by atoms with Gasteiger partial charge in [0.2, 0.25) is 0 Å². The van der Waals surface area contributed by atoms with Crippen LogP contribution in [0.4, 0.5) is 0 Å². The second kappa shape index (κ2) is 3.53. The van der Waals surface area contributed by atoms with E-state index in [1.54, 1.807) is 25.1 Å². The van der Waals surface area contributed by atoms with Crippen LogP contribution in [-0.4, -0.2) is 21.2 Å². The molecule has 2 aromatic rings. The van der Waals surface area contributed by atoms with Crippen molar-refractivity contribution in [1.29, 1.82) is 0 Å². The molecule has 0 aliphatic rings. The lowest BCUT2D eigenvalue weighted by Crippen LogP contribution is -2.00. The number of hydrogen-bond donors (Lipinski definition) is 1. The average molecular weight is 204 g/mol. The van der Waals surface area contributed by atoms with Crippen LogP contribution in [0.3, 0.4) is 0 Å². The highest BCUT2D eigenvalue weighted by atomic mass is 16.5. The largest absolute Gasteiger partial charge is 0.477 e. The second-order valence-corrected chi connectivity index (χ2v) is 3.05. The summed E-state index contributed by atoms with van der Waals surface area (Å²) in [5.41, 5.74) is 1.18. The number of nitrogens with zero attached hydrogens (tertiary/aromatic N) is 2. The summed E-state index contributed by atoms with van der Waals surface area (Å²) < 4.78 is 4.98. The highest BCUT2D eigenvalue weighted by Gasteiger charge is 2.09. The molecule has 5 nitrogen and oxygen atoms in total. The zero-order chi connectivity index (χ0) is 10.8. The third kappa shape index (κ3) is 1.85. The molecule has 15 heavy (non-hydrogen) atoms. The van der Waals surface area contributed by atoms with Crippen LogP contribution < -0.4 is 0 Å². The van der Waals surface area contributed by atoms with Gasteiger partial charge in [0.1, 0.15) is 11.4 Å². The van der Waals surface area contributed by atoms with Crippen LogP contribution >= 0.6 is 0 Å². The quantitative estimate of drug-likeness (QED) is 0.806. The summed E-state index contributed by atoms with van der Waals surface area (Å²) in [6.07, 6.45) is 0. The molecule has 76 valence electrons.